The highest BCUT2D eigenvalue weighted by Crippen LogP contribution is 2.21. The van der Waals surface area contributed by atoms with Gasteiger partial charge in [0, 0.05) is 36.3 Å². The Kier molecular flexibility index (Phi) is 3.56. The van der Waals surface area contributed by atoms with Crippen LogP contribution in [0.15, 0.2) is 22.8 Å². The van der Waals surface area contributed by atoms with Gasteiger partial charge in [-0.15, -0.1) is 0 Å². The maximum atomic E-state index is 12.1. The minimum absolute atomic E-state index is 0.0663. The lowest BCUT2D eigenvalue weighted by molar-refractivity contribution is 0.0775. The predicted molar refractivity (Wildman–Crippen MR) is 63.0 cm³/mol. The number of carbonyl (C=O) groups excluding carboxylic acids is 1. The van der Waals surface area contributed by atoms with Gasteiger partial charge in [-0.1, -0.05) is 0 Å². The lowest BCUT2D eigenvalue weighted by Gasteiger charge is -2.16. The van der Waals surface area contributed by atoms with Gasteiger partial charge in [0.1, 0.15) is 5.69 Å². The highest BCUT2D eigenvalue weighted by Gasteiger charge is 2.27. The van der Waals surface area contributed by atoms with Gasteiger partial charge in [0.25, 0.3) is 5.91 Å². The molecule has 1 aliphatic rings. The summed E-state index contributed by atoms with van der Waals surface area (Å²) in [6.07, 6.45) is 2.48. The van der Waals surface area contributed by atoms with Gasteiger partial charge < -0.3 is 10.0 Å². The Bertz CT molecular complexity index is 397. The van der Waals surface area contributed by atoms with E-state index in [1.165, 1.54) is 0 Å². The molecule has 1 unspecified atom stereocenters. The van der Waals surface area contributed by atoms with E-state index in [4.69, 9.17) is 5.11 Å². The normalized spacial score (nSPS) is 20.1. The third-order valence-electron chi connectivity index (χ3n) is 2.79. The van der Waals surface area contributed by atoms with Crippen molar-refractivity contribution in [3.05, 3.63) is 28.5 Å². The molecule has 1 aliphatic heterocycles. The van der Waals surface area contributed by atoms with Crippen LogP contribution in [0.5, 0.6) is 0 Å². The van der Waals surface area contributed by atoms with Gasteiger partial charge in [-0.2, -0.15) is 0 Å². The number of aromatic nitrogens is 1. The number of likely N-dealkylation sites (tertiary alicyclic amines) is 1. The van der Waals surface area contributed by atoms with E-state index in [1.807, 2.05) is 0 Å². The minimum Gasteiger partial charge on any atom is -0.396 e. The average molecular weight is 285 g/mol. The molecule has 1 saturated heterocycles. The standard InChI is InChI=1S/C11H13BrN2O2/c12-9-2-1-4-13-10(9)11(16)14-5-3-8(6-14)7-15/h1-2,4,8,15H,3,5-7H2. The quantitative estimate of drug-likeness (QED) is 0.891. The molecule has 0 saturated carbocycles. The van der Waals surface area contributed by atoms with Gasteiger partial charge in [-0.25, -0.2) is 4.98 Å². The molecule has 1 atom stereocenters. The fourth-order valence-corrected chi connectivity index (χ4v) is 2.28. The van der Waals surface area contributed by atoms with Crippen molar-refractivity contribution in [2.75, 3.05) is 19.7 Å². The summed E-state index contributed by atoms with van der Waals surface area (Å²) in [5.41, 5.74) is 0.445. The Balaban J connectivity index is 2.12. The van der Waals surface area contributed by atoms with Crippen molar-refractivity contribution in [3.8, 4) is 0 Å². The Labute approximate surface area is 102 Å². The monoisotopic (exact) mass is 284 g/mol. The zero-order valence-corrected chi connectivity index (χ0v) is 10.4. The number of hydrogen-bond acceptors (Lipinski definition) is 3. The first kappa shape index (κ1) is 11.5. The summed E-state index contributed by atoms with van der Waals surface area (Å²) in [4.78, 5) is 17.9. The smallest absolute Gasteiger partial charge is 0.273 e. The van der Waals surface area contributed by atoms with E-state index in [0.29, 0.717) is 23.3 Å². The lowest BCUT2D eigenvalue weighted by atomic mass is 10.1. The number of pyridine rings is 1. The number of halogens is 1. The van der Waals surface area contributed by atoms with Crippen LogP contribution in [0.2, 0.25) is 0 Å². The van der Waals surface area contributed by atoms with Crippen molar-refractivity contribution in [1.82, 2.24) is 9.88 Å². The van der Waals surface area contributed by atoms with Crippen molar-refractivity contribution >= 4 is 21.8 Å². The van der Waals surface area contributed by atoms with Crippen LogP contribution in [0.3, 0.4) is 0 Å². The maximum absolute atomic E-state index is 12.1. The number of aliphatic hydroxyl groups excluding tert-OH is 1. The van der Waals surface area contributed by atoms with E-state index in [-0.39, 0.29) is 18.4 Å². The summed E-state index contributed by atoms with van der Waals surface area (Å²) in [7, 11) is 0. The molecular formula is C11H13BrN2O2. The zero-order valence-electron chi connectivity index (χ0n) is 8.77. The van der Waals surface area contributed by atoms with Crippen LogP contribution in [0.1, 0.15) is 16.9 Å². The van der Waals surface area contributed by atoms with Gasteiger partial charge >= 0.3 is 0 Å². The molecule has 16 heavy (non-hydrogen) atoms. The molecule has 0 radical (unpaired) electrons. The third kappa shape index (κ3) is 2.25. The van der Waals surface area contributed by atoms with E-state index >= 15 is 0 Å². The van der Waals surface area contributed by atoms with E-state index < -0.39 is 0 Å². The Morgan fingerprint density at radius 2 is 2.50 bits per heavy atom. The second kappa shape index (κ2) is 4.93. The Morgan fingerprint density at radius 3 is 3.12 bits per heavy atom. The van der Waals surface area contributed by atoms with E-state index in [1.54, 1.807) is 23.2 Å². The fourth-order valence-electron chi connectivity index (χ4n) is 1.86. The lowest BCUT2D eigenvalue weighted by Crippen LogP contribution is -2.30. The summed E-state index contributed by atoms with van der Waals surface area (Å²) >= 11 is 3.32. The average Bonchev–Trinajstić information content (AvgIpc) is 2.77. The molecule has 1 aromatic rings. The van der Waals surface area contributed by atoms with Crippen LogP contribution >= 0.6 is 15.9 Å². The molecule has 1 aromatic heterocycles. The van der Waals surface area contributed by atoms with Crippen LogP contribution < -0.4 is 0 Å². The van der Waals surface area contributed by atoms with Crippen molar-refractivity contribution < 1.29 is 9.90 Å². The highest BCUT2D eigenvalue weighted by atomic mass is 79.9. The SMILES string of the molecule is O=C(c1ncccc1Br)N1CCC(CO)C1. The fraction of sp³-hybridized carbons (Fsp3) is 0.455. The summed E-state index contributed by atoms with van der Waals surface area (Å²) in [6.45, 7) is 1.47. The van der Waals surface area contributed by atoms with Gasteiger partial charge in [-0.05, 0) is 34.5 Å². The number of nitrogens with zero attached hydrogens (tertiary/aromatic N) is 2. The first-order valence-electron chi connectivity index (χ1n) is 5.23. The molecule has 86 valence electrons. The topological polar surface area (TPSA) is 53.4 Å². The van der Waals surface area contributed by atoms with Gasteiger partial charge in [-0.3, -0.25) is 4.79 Å². The third-order valence-corrected chi connectivity index (χ3v) is 3.43. The molecule has 0 spiro atoms. The van der Waals surface area contributed by atoms with Crippen molar-refractivity contribution in [2.45, 2.75) is 6.42 Å². The van der Waals surface area contributed by atoms with Crippen LogP contribution in [0.4, 0.5) is 0 Å². The molecule has 0 bridgehead atoms. The van der Waals surface area contributed by atoms with Gasteiger partial charge in [0.2, 0.25) is 0 Å². The first-order chi connectivity index (χ1) is 7.72. The van der Waals surface area contributed by atoms with Crippen LogP contribution in [0, 0.1) is 5.92 Å². The second-order valence-corrected chi connectivity index (χ2v) is 4.78. The molecule has 4 nitrogen and oxygen atoms in total. The van der Waals surface area contributed by atoms with E-state index in [0.717, 1.165) is 6.42 Å². The predicted octanol–water partition coefficient (Wildman–Crippen LogP) is 1.30. The molecule has 1 N–H and O–H groups in total. The number of rotatable bonds is 2. The molecule has 1 amide bonds. The zero-order chi connectivity index (χ0) is 11.5. The second-order valence-electron chi connectivity index (χ2n) is 3.92. The van der Waals surface area contributed by atoms with Crippen LogP contribution in [-0.2, 0) is 0 Å². The number of hydrogen-bond donors (Lipinski definition) is 1. The van der Waals surface area contributed by atoms with Gasteiger partial charge in [0.15, 0.2) is 0 Å². The van der Waals surface area contributed by atoms with Crippen LogP contribution in [-0.4, -0.2) is 40.6 Å². The van der Waals surface area contributed by atoms with Gasteiger partial charge in [0.05, 0.1) is 0 Å². The Morgan fingerprint density at radius 1 is 1.69 bits per heavy atom. The summed E-state index contributed by atoms with van der Waals surface area (Å²) in [6, 6.07) is 3.58. The molecular weight excluding hydrogens is 272 g/mol. The summed E-state index contributed by atoms with van der Waals surface area (Å²) in [5, 5.41) is 9.03. The van der Waals surface area contributed by atoms with E-state index in [9.17, 15) is 4.79 Å². The number of aliphatic hydroxyl groups is 1. The number of amides is 1. The van der Waals surface area contributed by atoms with Crippen molar-refractivity contribution in [2.24, 2.45) is 5.92 Å². The highest BCUT2D eigenvalue weighted by molar-refractivity contribution is 9.10. The number of carbonyl (C=O) groups is 1. The summed E-state index contributed by atoms with van der Waals surface area (Å²) in [5.74, 6) is 0.148. The van der Waals surface area contributed by atoms with Crippen molar-refractivity contribution in [3.63, 3.8) is 0 Å². The summed E-state index contributed by atoms with van der Waals surface area (Å²) < 4.78 is 0.715. The maximum Gasteiger partial charge on any atom is 0.273 e. The largest absolute Gasteiger partial charge is 0.396 e. The first-order valence-corrected chi connectivity index (χ1v) is 6.02. The van der Waals surface area contributed by atoms with E-state index in [2.05, 4.69) is 20.9 Å². The molecule has 2 heterocycles. The molecule has 0 aliphatic carbocycles. The molecule has 2 rings (SSSR count). The van der Waals surface area contributed by atoms with Crippen molar-refractivity contribution in [1.29, 1.82) is 0 Å². The van der Waals surface area contributed by atoms with Crippen LogP contribution in [0.25, 0.3) is 0 Å². The molecule has 5 heteroatoms. The Hall–Kier alpha value is -0.940. The minimum atomic E-state index is -0.0663. The molecule has 0 aromatic carbocycles. The molecule has 1 fully saturated rings.